The van der Waals surface area contributed by atoms with Gasteiger partial charge in [0.1, 0.15) is 5.82 Å². The molecule has 2 rings (SSSR count). The number of halogens is 3. The van der Waals surface area contributed by atoms with E-state index in [4.69, 9.17) is 23.1 Å². The molecule has 20 heavy (non-hydrogen) atoms. The van der Waals surface area contributed by atoms with Crippen LogP contribution in [0.3, 0.4) is 0 Å². The number of rotatable bonds is 2. The van der Waals surface area contributed by atoms with Gasteiger partial charge in [0.15, 0.2) is 5.82 Å². The first-order valence-electron chi connectivity index (χ1n) is 5.49. The maximum atomic E-state index is 13.6. The van der Waals surface area contributed by atoms with Crippen molar-refractivity contribution < 1.29 is 13.6 Å². The zero-order chi connectivity index (χ0) is 14.9. The van der Waals surface area contributed by atoms with Gasteiger partial charge in [-0.05, 0) is 24.3 Å². The van der Waals surface area contributed by atoms with Crippen LogP contribution in [0, 0.1) is 11.6 Å². The molecule has 0 aromatic heterocycles. The predicted molar refractivity (Wildman–Crippen MR) is 74.6 cm³/mol. The van der Waals surface area contributed by atoms with Crippen molar-refractivity contribution in [3.8, 4) is 0 Å². The molecule has 0 saturated carbocycles. The minimum absolute atomic E-state index is 0.110. The second kappa shape index (κ2) is 5.34. The van der Waals surface area contributed by atoms with E-state index >= 15 is 0 Å². The van der Waals surface area contributed by atoms with Crippen LogP contribution in [0.2, 0.25) is 5.02 Å². The number of nitrogens with two attached hydrogens (primary N) is 2. The van der Waals surface area contributed by atoms with E-state index in [9.17, 15) is 13.6 Å². The summed E-state index contributed by atoms with van der Waals surface area (Å²) in [6.07, 6.45) is 0. The van der Waals surface area contributed by atoms with E-state index in [1.165, 1.54) is 18.2 Å². The molecular weight excluding hydrogens is 288 g/mol. The van der Waals surface area contributed by atoms with Crippen molar-refractivity contribution in [3.63, 3.8) is 0 Å². The van der Waals surface area contributed by atoms with E-state index in [1.807, 2.05) is 0 Å². The molecule has 0 bridgehead atoms. The van der Waals surface area contributed by atoms with Crippen molar-refractivity contribution in [2.45, 2.75) is 0 Å². The van der Waals surface area contributed by atoms with Gasteiger partial charge in [0.05, 0.1) is 16.3 Å². The van der Waals surface area contributed by atoms with Crippen LogP contribution in [-0.4, -0.2) is 5.91 Å². The number of benzene rings is 2. The average molecular weight is 298 g/mol. The van der Waals surface area contributed by atoms with Crippen molar-refractivity contribution in [1.82, 2.24) is 0 Å². The summed E-state index contributed by atoms with van der Waals surface area (Å²) in [5.74, 6) is -2.48. The van der Waals surface area contributed by atoms with Crippen LogP contribution in [-0.2, 0) is 0 Å². The zero-order valence-corrected chi connectivity index (χ0v) is 10.8. The highest BCUT2D eigenvalue weighted by Gasteiger charge is 2.16. The van der Waals surface area contributed by atoms with Crippen molar-refractivity contribution in [1.29, 1.82) is 0 Å². The molecule has 0 aliphatic carbocycles. The van der Waals surface area contributed by atoms with Gasteiger partial charge in [0.2, 0.25) is 0 Å². The Bertz CT molecular complexity index is 668. The number of nitrogens with one attached hydrogen (secondary N) is 1. The van der Waals surface area contributed by atoms with Crippen LogP contribution in [0.1, 0.15) is 10.4 Å². The number of hydrogen-bond acceptors (Lipinski definition) is 3. The molecule has 104 valence electrons. The largest absolute Gasteiger partial charge is 0.399 e. The number of hydrogen-bond donors (Lipinski definition) is 3. The van der Waals surface area contributed by atoms with Gasteiger partial charge in [-0.15, -0.1) is 0 Å². The topological polar surface area (TPSA) is 81.1 Å². The van der Waals surface area contributed by atoms with Crippen molar-refractivity contribution in [2.24, 2.45) is 0 Å². The molecule has 0 atom stereocenters. The van der Waals surface area contributed by atoms with Gasteiger partial charge in [0, 0.05) is 17.4 Å². The lowest BCUT2D eigenvalue weighted by Gasteiger charge is -2.10. The SMILES string of the molecule is Nc1ccc(C(=O)Nc2c(F)cc(F)cc2Cl)c(N)c1. The standard InChI is InChI=1S/C13H10ClF2N3O/c14-9-3-6(15)4-10(16)12(9)19-13(20)8-2-1-7(17)5-11(8)18/h1-5H,17-18H2,(H,19,20). The fraction of sp³-hybridized carbons (Fsp3) is 0. The van der Waals surface area contributed by atoms with Crippen LogP contribution in [0.15, 0.2) is 30.3 Å². The van der Waals surface area contributed by atoms with Crippen LogP contribution in [0.4, 0.5) is 25.8 Å². The molecule has 1 amide bonds. The molecular formula is C13H10ClF2N3O. The van der Waals surface area contributed by atoms with E-state index in [0.717, 1.165) is 6.07 Å². The Labute approximate surface area is 118 Å². The first-order valence-corrected chi connectivity index (χ1v) is 5.87. The van der Waals surface area contributed by atoms with E-state index in [0.29, 0.717) is 11.8 Å². The molecule has 5 N–H and O–H groups in total. The molecule has 0 aliphatic rings. The number of anilines is 3. The summed E-state index contributed by atoms with van der Waals surface area (Å²) in [5, 5.41) is 2.00. The lowest BCUT2D eigenvalue weighted by atomic mass is 10.1. The monoisotopic (exact) mass is 297 g/mol. The Kier molecular flexibility index (Phi) is 3.76. The second-order valence-corrected chi connectivity index (χ2v) is 4.45. The van der Waals surface area contributed by atoms with Gasteiger partial charge >= 0.3 is 0 Å². The maximum Gasteiger partial charge on any atom is 0.257 e. The number of carbonyl (C=O) groups excluding carboxylic acids is 1. The second-order valence-electron chi connectivity index (χ2n) is 4.05. The number of nitrogen functional groups attached to an aromatic ring is 2. The highest BCUT2D eigenvalue weighted by Crippen LogP contribution is 2.27. The molecule has 0 radical (unpaired) electrons. The number of carbonyl (C=O) groups is 1. The summed E-state index contributed by atoms with van der Waals surface area (Å²) in [6.45, 7) is 0. The normalized spacial score (nSPS) is 10.3. The molecule has 0 aliphatic heterocycles. The summed E-state index contributed by atoms with van der Waals surface area (Å²) in [4.78, 5) is 12.0. The van der Waals surface area contributed by atoms with Crippen LogP contribution in [0.5, 0.6) is 0 Å². The first-order chi connectivity index (χ1) is 9.38. The fourth-order valence-electron chi connectivity index (χ4n) is 1.63. The minimum Gasteiger partial charge on any atom is -0.399 e. The Balaban J connectivity index is 2.33. The predicted octanol–water partition coefficient (Wildman–Crippen LogP) is 3.03. The average Bonchev–Trinajstić information content (AvgIpc) is 2.33. The van der Waals surface area contributed by atoms with Crippen molar-refractivity contribution in [3.05, 3.63) is 52.6 Å². The van der Waals surface area contributed by atoms with Crippen molar-refractivity contribution in [2.75, 3.05) is 16.8 Å². The highest BCUT2D eigenvalue weighted by atomic mass is 35.5. The van der Waals surface area contributed by atoms with Gasteiger partial charge < -0.3 is 16.8 Å². The minimum atomic E-state index is -0.975. The lowest BCUT2D eigenvalue weighted by molar-refractivity contribution is 0.102. The Hall–Kier alpha value is -2.34. The fourth-order valence-corrected chi connectivity index (χ4v) is 1.87. The molecule has 2 aromatic carbocycles. The molecule has 0 spiro atoms. The van der Waals surface area contributed by atoms with Gasteiger partial charge in [-0.1, -0.05) is 11.6 Å². The third kappa shape index (κ3) is 2.80. The van der Waals surface area contributed by atoms with Gasteiger partial charge in [-0.2, -0.15) is 0 Å². The van der Waals surface area contributed by atoms with Crippen LogP contribution >= 0.6 is 11.6 Å². The quantitative estimate of drug-likeness (QED) is 0.745. The van der Waals surface area contributed by atoms with Crippen LogP contribution in [0.25, 0.3) is 0 Å². The van der Waals surface area contributed by atoms with Crippen molar-refractivity contribution >= 4 is 34.6 Å². The summed E-state index contributed by atoms with van der Waals surface area (Å²) in [7, 11) is 0. The summed E-state index contributed by atoms with van der Waals surface area (Å²) >= 11 is 5.69. The van der Waals surface area contributed by atoms with Gasteiger partial charge in [-0.25, -0.2) is 8.78 Å². The molecule has 0 saturated heterocycles. The zero-order valence-electron chi connectivity index (χ0n) is 10.1. The van der Waals surface area contributed by atoms with E-state index in [1.54, 1.807) is 0 Å². The summed E-state index contributed by atoms with van der Waals surface area (Å²) in [6, 6.07) is 5.79. The molecule has 0 heterocycles. The molecule has 4 nitrogen and oxygen atoms in total. The Morgan fingerprint density at radius 2 is 1.85 bits per heavy atom. The molecule has 0 fully saturated rings. The third-order valence-electron chi connectivity index (χ3n) is 2.57. The van der Waals surface area contributed by atoms with Gasteiger partial charge in [0.25, 0.3) is 5.91 Å². The highest BCUT2D eigenvalue weighted by molar-refractivity contribution is 6.34. The molecule has 7 heteroatoms. The number of amides is 1. The Morgan fingerprint density at radius 3 is 2.45 bits per heavy atom. The molecule has 2 aromatic rings. The van der Waals surface area contributed by atoms with Crippen LogP contribution < -0.4 is 16.8 Å². The summed E-state index contributed by atoms with van der Waals surface area (Å²) < 4.78 is 26.5. The summed E-state index contributed by atoms with van der Waals surface area (Å²) in [5.41, 5.74) is 11.5. The Morgan fingerprint density at radius 1 is 1.15 bits per heavy atom. The maximum absolute atomic E-state index is 13.6. The first kappa shape index (κ1) is 14.1. The third-order valence-corrected chi connectivity index (χ3v) is 2.86. The van der Waals surface area contributed by atoms with Gasteiger partial charge in [-0.3, -0.25) is 4.79 Å². The van der Waals surface area contributed by atoms with E-state index in [2.05, 4.69) is 5.32 Å². The lowest BCUT2D eigenvalue weighted by Crippen LogP contribution is -2.15. The molecule has 0 unspecified atom stereocenters. The van der Waals surface area contributed by atoms with E-state index in [-0.39, 0.29) is 22.0 Å². The van der Waals surface area contributed by atoms with E-state index < -0.39 is 17.5 Å². The smallest absolute Gasteiger partial charge is 0.257 e.